The zero-order valence-corrected chi connectivity index (χ0v) is 20.3. The molecule has 1 fully saturated rings. The maximum absolute atomic E-state index is 12.6. The second-order valence-electron chi connectivity index (χ2n) is 6.57. The van der Waals surface area contributed by atoms with E-state index in [0.717, 1.165) is 6.42 Å². The first-order valence-electron chi connectivity index (χ1n) is 9.58. The first kappa shape index (κ1) is 26.6. The molecule has 0 radical (unpaired) electrons. The van der Waals surface area contributed by atoms with Crippen LogP contribution in [0.2, 0.25) is 0 Å². The molecule has 30 heavy (non-hydrogen) atoms. The molecule has 12 heteroatoms. The van der Waals surface area contributed by atoms with Crippen molar-refractivity contribution in [3.63, 3.8) is 0 Å². The Hall–Kier alpha value is -1.41. The van der Waals surface area contributed by atoms with Gasteiger partial charge in [0.15, 0.2) is 5.96 Å². The van der Waals surface area contributed by atoms with Gasteiger partial charge in [-0.1, -0.05) is 12.1 Å². The molecule has 1 atom stereocenters. The van der Waals surface area contributed by atoms with Gasteiger partial charge in [-0.3, -0.25) is 4.99 Å². The van der Waals surface area contributed by atoms with E-state index in [1.165, 1.54) is 6.07 Å². The number of aliphatic imine (C=N–C) groups is 1. The lowest BCUT2D eigenvalue weighted by molar-refractivity contribution is -0.0495. The number of para-hydroxylation sites is 2. The van der Waals surface area contributed by atoms with Crippen molar-refractivity contribution in [2.75, 3.05) is 43.9 Å². The topological polar surface area (TPSA) is 95.1 Å². The largest absolute Gasteiger partial charge is 0.433 e. The Bertz CT molecular complexity index is 783. The van der Waals surface area contributed by atoms with Crippen molar-refractivity contribution in [1.82, 2.24) is 15.4 Å². The number of nitrogens with zero attached hydrogens (tertiary/aromatic N) is 2. The van der Waals surface area contributed by atoms with Crippen LogP contribution in [0.3, 0.4) is 0 Å². The van der Waals surface area contributed by atoms with Crippen LogP contribution in [-0.2, 0) is 10.0 Å². The summed E-state index contributed by atoms with van der Waals surface area (Å²) in [4.78, 5) is 6.18. The average molecular weight is 561 g/mol. The summed E-state index contributed by atoms with van der Waals surface area (Å²) < 4.78 is 55.2. The molecule has 1 aliphatic heterocycles. The van der Waals surface area contributed by atoms with E-state index in [2.05, 4.69) is 25.1 Å². The Morgan fingerprint density at radius 1 is 1.33 bits per heavy atom. The van der Waals surface area contributed by atoms with Gasteiger partial charge in [-0.25, -0.2) is 13.1 Å². The van der Waals surface area contributed by atoms with Crippen LogP contribution in [0.1, 0.15) is 19.8 Å². The number of halogens is 3. The first-order valence-corrected chi connectivity index (χ1v) is 11.2. The van der Waals surface area contributed by atoms with Gasteiger partial charge in [0, 0.05) is 39.3 Å². The quantitative estimate of drug-likeness (QED) is 0.175. The number of guanidine groups is 1. The number of hydrogen-bond acceptors (Lipinski definition) is 5. The van der Waals surface area contributed by atoms with Crippen molar-refractivity contribution >= 4 is 45.6 Å². The van der Waals surface area contributed by atoms with Gasteiger partial charge in [0.1, 0.15) is 5.75 Å². The van der Waals surface area contributed by atoms with Crippen molar-refractivity contribution in [3.8, 4) is 5.75 Å². The molecule has 172 valence electrons. The highest BCUT2D eigenvalue weighted by molar-refractivity contribution is 14.0. The van der Waals surface area contributed by atoms with Gasteiger partial charge in [0.25, 0.3) is 0 Å². The zero-order valence-electron chi connectivity index (χ0n) is 17.1. The summed E-state index contributed by atoms with van der Waals surface area (Å²) in [5.41, 5.74) is 0.642. The molecule has 2 rings (SSSR count). The SMILES string of the molecule is CCS(=O)(=O)NCCCNC(=NC)NC1CCN(c2ccccc2OC(F)F)C1.I. The van der Waals surface area contributed by atoms with Gasteiger partial charge >= 0.3 is 6.61 Å². The third-order valence-corrected chi connectivity index (χ3v) is 5.93. The molecule has 8 nitrogen and oxygen atoms in total. The second-order valence-corrected chi connectivity index (χ2v) is 8.67. The van der Waals surface area contributed by atoms with E-state index >= 15 is 0 Å². The number of sulfonamides is 1. The smallest absolute Gasteiger partial charge is 0.387 e. The lowest BCUT2D eigenvalue weighted by Crippen LogP contribution is -2.45. The number of rotatable bonds is 10. The molecule has 0 spiro atoms. The Kier molecular flexibility index (Phi) is 11.6. The van der Waals surface area contributed by atoms with Gasteiger partial charge in [-0.2, -0.15) is 8.78 Å². The molecule has 1 saturated heterocycles. The highest BCUT2D eigenvalue weighted by Crippen LogP contribution is 2.31. The van der Waals surface area contributed by atoms with E-state index in [-0.39, 0.29) is 41.5 Å². The van der Waals surface area contributed by atoms with Crippen LogP contribution < -0.4 is 25.0 Å². The number of nitrogens with one attached hydrogen (secondary N) is 3. The molecule has 1 heterocycles. The fourth-order valence-electron chi connectivity index (χ4n) is 3.02. The van der Waals surface area contributed by atoms with Crippen LogP contribution in [0.5, 0.6) is 5.75 Å². The Morgan fingerprint density at radius 2 is 2.07 bits per heavy atom. The summed E-state index contributed by atoms with van der Waals surface area (Å²) in [6.07, 6.45) is 1.44. The lowest BCUT2D eigenvalue weighted by Gasteiger charge is -2.22. The standard InChI is InChI=1S/C18H29F2N5O3S.HI/c1-3-29(26,27)23-11-6-10-22-18(21-2)24-14-9-12-25(13-14)15-7-4-5-8-16(15)28-17(19)20;/h4-5,7-8,14,17,23H,3,6,9-13H2,1-2H3,(H2,21,22,24);1H. The number of hydrogen-bond donors (Lipinski definition) is 3. The Labute approximate surface area is 193 Å². The summed E-state index contributed by atoms with van der Waals surface area (Å²) in [5, 5.41) is 6.47. The predicted molar refractivity (Wildman–Crippen MR) is 126 cm³/mol. The van der Waals surface area contributed by atoms with E-state index in [0.29, 0.717) is 44.2 Å². The number of alkyl halides is 2. The molecule has 0 aromatic heterocycles. The predicted octanol–water partition coefficient (Wildman–Crippen LogP) is 1.98. The van der Waals surface area contributed by atoms with Crippen LogP contribution in [0, 0.1) is 0 Å². The molecule has 0 aliphatic carbocycles. The third-order valence-electron chi connectivity index (χ3n) is 4.52. The van der Waals surface area contributed by atoms with Crippen LogP contribution in [0.25, 0.3) is 0 Å². The van der Waals surface area contributed by atoms with Crippen molar-refractivity contribution in [2.24, 2.45) is 4.99 Å². The minimum Gasteiger partial charge on any atom is -0.433 e. The fourth-order valence-corrected chi connectivity index (χ4v) is 3.68. The van der Waals surface area contributed by atoms with Crippen molar-refractivity contribution in [1.29, 1.82) is 0 Å². The minimum atomic E-state index is -3.17. The van der Waals surface area contributed by atoms with Crippen molar-refractivity contribution in [2.45, 2.75) is 32.4 Å². The molecule has 0 bridgehead atoms. The van der Waals surface area contributed by atoms with Gasteiger partial charge in [-0.05, 0) is 31.9 Å². The number of ether oxygens (including phenoxy) is 1. The molecule has 0 saturated carbocycles. The van der Waals surface area contributed by atoms with Crippen molar-refractivity contribution in [3.05, 3.63) is 24.3 Å². The lowest BCUT2D eigenvalue weighted by atomic mass is 10.2. The molecule has 3 N–H and O–H groups in total. The van der Waals surface area contributed by atoms with E-state index in [4.69, 9.17) is 0 Å². The van der Waals surface area contributed by atoms with Gasteiger partial charge in [0.05, 0.1) is 11.4 Å². The molecule has 1 aromatic carbocycles. The van der Waals surface area contributed by atoms with Crippen LogP contribution in [0.15, 0.2) is 29.3 Å². The van der Waals surface area contributed by atoms with Gasteiger partial charge in [-0.15, -0.1) is 24.0 Å². The highest BCUT2D eigenvalue weighted by Gasteiger charge is 2.26. The summed E-state index contributed by atoms with van der Waals surface area (Å²) in [6.45, 7) is 0.982. The maximum atomic E-state index is 12.6. The highest BCUT2D eigenvalue weighted by atomic mass is 127. The summed E-state index contributed by atoms with van der Waals surface area (Å²) >= 11 is 0. The van der Waals surface area contributed by atoms with Crippen LogP contribution >= 0.6 is 24.0 Å². The number of anilines is 1. The van der Waals surface area contributed by atoms with Crippen LogP contribution in [-0.4, -0.2) is 66.0 Å². The Morgan fingerprint density at radius 3 is 2.73 bits per heavy atom. The normalized spacial score (nSPS) is 17.0. The summed E-state index contributed by atoms with van der Waals surface area (Å²) in [6, 6.07) is 6.86. The molecule has 0 amide bonds. The molecule has 1 aliphatic rings. The molecular formula is C18H30F2IN5O3S. The van der Waals surface area contributed by atoms with Gasteiger partial charge in [0.2, 0.25) is 10.0 Å². The average Bonchev–Trinajstić information content (AvgIpc) is 3.15. The summed E-state index contributed by atoms with van der Waals surface area (Å²) in [5.74, 6) is 0.848. The number of benzene rings is 1. The van der Waals surface area contributed by atoms with E-state index in [1.807, 2.05) is 4.90 Å². The Balaban J connectivity index is 0.00000450. The third kappa shape index (κ3) is 8.76. The zero-order chi connectivity index (χ0) is 21.3. The maximum Gasteiger partial charge on any atom is 0.387 e. The van der Waals surface area contributed by atoms with Crippen LogP contribution in [0.4, 0.5) is 14.5 Å². The van der Waals surface area contributed by atoms with Gasteiger partial charge < -0.3 is 20.3 Å². The monoisotopic (exact) mass is 561 g/mol. The summed E-state index contributed by atoms with van der Waals surface area (Å²) in [7, 11) is -1.51. The molecule has 1 aromatic rings. The van der Waals surface area contributed by atoms with Crippen molar-refractivity contribution < 1.29 is 21.9 Å². The molecule has 1 unspecified atom stereocenters. The second kappa shape index (κ2) is 13.1. The fraction of sp³-hybridized carbons (Fsp3) is 0.611. The van der Waals surface area contributed by atoms with E-state index in [1.54, 1.807) is 32.2 Å². The minimum absolute atomic E-state index is 0. The van der Waals surface area contributed by atoms with E-state index in [9.17, 15) is 17.2 Å². The van der Waals surface area contributed by atoms with E-state index < -0.39 is 16.6 Å². The molecular weight excluding hydrogens is 531 g/mol. The first-order chi connectivity index (χ1) is 13.8.